The molecule has 4 nitrogen and oxygen atoms in total. The molecule has 0 spiro atoms. The Balaban J connectivity index is 1.74. The van der Waals surface area contributed by atoms with Crippen molar-refractivity contribution in [3.05, 3.63) is 89.2 Å². The molecule has 1 aromatic heterocycles. The molecule has 0 fully saturated rings. The molecule has 1 amide bonds. The first-order valence-corrected chi connectivity index (χ1v) is 8.68. The fourth-order valence-corrected chi connectivity index (χ4v) is 2.76. The number of rotatable bonds is 5. The number of carbonyl (C=O) groups excluding carboxylic acids is 1. The molecule has 0 aliphatic carbocycles. The molecule has 0 radical (unpaired) electrons. The Labute approximate surface area is 154 Å². The molecule has 26 heavy (non-hydrogen) atoms. The van der Waals surface area contributed by atoms with Crippen molar-refractivity contribution < 1.29 is 4.79 Å². The van der Waals surface area contributed by atoms with Crippen LogP contribution in [0, 0.1) is 13.8 Å². The zero-order chi connectivity index (χ0) is 18.5. The molecular formula is C22H23N3O. The number of hydrogen-bond acceptors (Lipinski definition) is 3. The van der Waals surface area contributed by atoms with Crippen LogP contribution in [0.15, 0.2) is 67.0 Å². The zero-order valence-corrected chi connectivity index (χ0v) is 15.3. The van der Waals surface area contributed by atoms with E-state index in [0.717, 1.165) is 22.5 Å². The summed E-state index contributed by atoms with van der Waals surface area (Å²) in [5.41, 5.74) is 5.72. The molecule has 4 heteroatoms. The second-order valence-corrected chi connectivity index (χ2v) is 6.51. The summed E-state index contributed by atoms with van der Waals surface area (Å²) in [5, 5.41) is 6.37. The highest BCUT2D eigenvalue weighted by atomic mass is 16.1. The molecule has 0 aliphatic heterocycles. The van der Waals surface area contributed by atoms with E-state index in [2.05, 4.69) is 40.7 Å². The van der Waals surface area contributed by atoms with E-state index in [9.17, 15) is 4.79 Å². The van der Waals surface area contributed by atoms with Gasteiger partial charge < -0.3 is 10.6 Å². The van der Waals surface area contributed by atoms with Gasteiger partial charge in [0.2, 0.25) is 0 Å². The van der Waals surface area contributed by atoms with E-state index in [1.165, 1.54) is 5.56 Å². The van der Waals surface area contributed by atoms with Crippen LogP contribution in [0.3, 0.4) is 0 Å². The summed E-state index contributed by atoms with van der Waals surface area (Å²) in [7, 11) is 0. The lowest BCUT2D eigenvalue weighted by molar-refractivity contribution is 0.0939. The Kier molecular flexibility index (Phi) is 5.32. The standard InChI is InChI=1S/C22H23N3O/c1-15-9-10-16(2)21(11-15)25-20-12-19(13-23-14-20)22(26)24-17(3)18-7-5-4-6-8-18/h4-14,17,25H,1-3H3,(H,24,26). The van der Waals surface area contributed by atoms with Gasteiger partial charge in [-0.3, -0.25) is 9.78 Å². The number of nitrogens with one attached hydrogen (secondary N) is 2. The quantitative estimate of drug-likeness (QED) is 0.689. The van der Waals surface area contributed by atoms with Crippen LogP contribution in [0.1, 0.15) is 40.0 Å². The first-order valence-electron chi connectivity index (χ1n) is 8.68. The highest BCUT2D eigenvalue weighted by Crippen LogP contribution is 2.22. The lowest BCUT2D eigenvalue weighted by atomic mass is 10.1. The predicted octanol–water partition coefficient (Wildman–Crippen LogP) is 4.93. The summed E-state index contributed by atoms with van der Waals surface area (Å²) in [4.78, 5) is 16.8. The average Bonchev–Trinajstić information content (AvgIpc) is 2.65. The summed E-state index contributed by atoms with van der Waals surface area (Å²) in [6, 6.07) is 17.9. The Bertz CT molecular complexity index is 906. The molecule has 0 aliphatic rings. The minimum atomic E-state index is -0.140. The summed E-state index contributed by atoms with van der Waals surface area (Å²) < 4.78 is 0. The fraction of sp³-hybridized carbons (Fsp3) is 0.182. The third kappa shape index (κ3) is 4.28. The van der Waals surface area contributed by atoms with Crippen LogP contribution in [0.25, 0.3) is 0 Å². The largest absolute Gasteiger partial charge is 0.354 e. The van der Waals surface area contributed by atoms with Crippen molar-refractivity contribution in [3.63, 3.8) is 0 Å². The molecule has 3 rings (SSSR count). The maximum atomic E-state index is 12.6. The third-order valence-corrected chi connectivity index (χ3v) is 4.32. The summed E-state index contributed by atoms with van der Waals surface area (Å²) >= 11 is 0. The number of anilines is 2. The highest BCUT2D eigenvalue weighted by molar-refractivity contribution is 5.95. The van der Waals surface area contributed by atoms with Crippen molar-refractivity contribution in [1.82, 2.24) is 10.3 Å². The monoisotopic (exact) mass is 345 g/mol. The van der Waals surface area contributed by atoms with Gasteiger partial charge in [0.25, 0.3) is 5.91 Å². The van der Waals surface area contributed by atoms with Crippen LogP contribution in [0.2, 0.25) is 0 Å². The molecule has 3 aromatic rings. The van der Waals surface area contributed by atoms with Crippen LogP contribution in [-0.4, -0.2) is 10.9 Å². The number of benzene rings is 2. The van der Waals surface area contributed by atoms with Gasteiger partial charge in [0.15, 0.2) is 0 Å². The maximum Gasteiger partial charge on any atom is 0.253 e. The molecule has 132 valence electrons. The van der Waals surface area contributed by atoms with Gasteiger partial charge in [0, 0.05) is 11.9 Å². The molecule has 1 heterocycles. The fourth-order valence-electron chi connectivity index (χ4n) is 2.76. The van der Waals surface area contributed by atoms with E-state index >= 15 is 0 Å². The van der Waals surface area contributed by atoms with Crippen LogP contribution in [0.5, 0.6) is 0 Å². The minimum absolute atomic E-state index is 0.0701. The van der Waals surface area contributed by atoms with Gasteiger partial charge in [-0.1, -0.05) is 42.5 Å². The van der Waals surface area contributed by atoms with Crippen LogP contribution in [-0.2, 0) is 0 Å². The van der Waals surface area contributed by atoms with Gasteiger partial charge in [0.05, 0.1) is 23.5 Å². The van der Waals surface area contributed by atoms with Gasteiger partial charge in [-0.25, -0.2) is 0 Å². The van der Waals surface area contributed by atoms with Gasteiger partial charge >= 0.3 is 0 Å². The van der Waals surface area contributed by atoms with Crippen LogP contribution >= 0.6 is 0 Å². The molecule has 1 unspecified atom stereocenters. The SMILES string of the molecule is Cc1ccc(C)c(Nc2cncc(C(=O)NC(C)c3ccccc3)c2)c1. The Morgan fingerprint density at radius 1 is 1.00 bits per heavy atom. The number of aromatic nitrogens is 1. The average molecular weight is 345 g/mol. The third-order valence-electron chi connectivity index (χ3n) is 4.32. The van der Waals surface area contributed by atoms with Gasteiger partial charge in [-0.05, 0) is 49.6 Å². The van der Waals surface area contributed by atoms with Crippen LogP contribution in [0.4, 0.5) is 11.4 Å². The number of aryl methyl sites for hydroxylation is 2. The Hall–Kier alpha value is -3.14. The van der Waals surface area contributed by atoms with Crippen molar-refractivity contribution in [1.29, 1.82) is 0 Å². The normalized spacial score (nSPS) is 11.7. The number of amides is 1. The molecule has 2 aromatic carbocycles. The Morgan fingerprint density at radius 2 is 1.77 bits per heavy atom. The number of hydrogen-bond donors (Lipinski definition) is 2. The highest BCUT2D eigenvalue weighted by Gasteiger charge is 2.12. The lowest BCUT2D eigenvalue weighted by Gasteiger charge is -2.15. The summed E-state index contributed by atoms with van der Waals surface area (Å²) in [6.45, 7) is 6.07. The van der Waals surface area contributed by atoms with Crippen molar-refractivity contribution in [2.24, 2.45) is 0 Å². The van der Waals surface area contributed by atoms with Gasteiger partial charge in [-0.2, -0.15) is 0 Å². The minimum Gasteiger partial charge on any atom is -0.354 e. The molecule has 0 bridgehead atoms. The Morgan fingerprint density at radius 3 is 2.54 bits per heavy atom. The van der Waals surface area contributed by atoms with Crippen molar-refractivity contribution in [2.75, 3.05) is 5.32 Å². The summed E-state index contributed by atoms with van der Waals surface area (Å²) in [6.07, 6.45) is 3.31. The van der Waals surface area contributed by atoms with Gasteiger partial charge in [0.1, 0.15) is 0 Å². The topological polar surface area (TPSA) is 54.0 Å². The second-order valence-electron chi connectivity index (χ2n) is 6.51. The maximum absolute atomic E-state index is 12.6. The van der Waals surface area contributed by atoms with Gasteiger partial charge in [-0.15, -0.1) is 0 Å². The van der Waals surface area contributed by atoms with Crippen molar-refractivity contribution in [2.45, 2.75) is 26.8 Å². The van der Waals surface area contributed by atoms with Crippen molar-refractivity contribution >= 4 is 17.3 Å². The lowest BCUT2D eigenvalue weighted by Crippen LogP contribution is -2.26. The molecular weight excluding hydrogens is 322 g/mol. The second kappa shape index (κ2) is 7.83. The van der Waals surface area contributed by atoms with Crippen LogP contribution < -0.4 is 10.6 Å². The van der Waals surface area contributed by atoms with E-state index in [0.29, 0.717) is 5.56 Å². The van der Waals surface area contributed by atoms with E-state index in [1.807, 2.05) is 50.2 Å². The predicted molar refractivity (Wildman–Crippen MR) is 106 cm³/mol. The summed E-state index contributed by atoms with van der Waals surface area (Å²) in [5.74, 6) is -0.140. The number of nitrogens with zero attached hydrogens (tertiary/aromatic N) is 1. The first-order chi connectivity index (χ1) is 12.5. The molecule has 1 atom stereocenters. The smallest absolute Gasteiger partial charge is 0.253 e. The van der Waals surface area contributed by atoms with E-state index < -0.39 is 0 Å². The molecule has 0 saturated heterocycles. The molecule has 0 saturated carbocycles. The number of carbonyl (C=O) groups is 1. The zero-order valence-electron chi connectivity index (χ0n) is 15.3. The van der Waals surface area contributed by atoms with E-state index in [1.54, 1.807) is 12.4 Å². The van der Waals surface area contributed by atoms with Crippen molar-refractivity contribution in [3.8, 4) is 0 Å². The number of pyridine rings is 1. The first kappa shape index (κ1) is 17.7. The van der Waals surface area contributed by atoms with E-state index in [-0.39, 0.29) is 11.9 Å². The molecule has 2 N–H and O–H groups in total. The van der Waals surface area contributed by atoms with E-state index in [4.69, 9.17) is 0 Å².